The summed E-state index contributed by atoms with van der Waals surface area (Å²) in [5.74, 6) is -0.711. The highest BCUT2D eigenvalue weighted by Crippen LogP contribution is 2.30. The van der Waals surface area contributed by atoms with Gasteiger partial charge in [-0.1, -0.05) is 29.8 Å². The average molecular weight is 381 g/mol. The topological polar surface area (TPSA) is 59.8 Å². The molecule has 0 aliphatic carbocycles. The Morgan fingerprint density at radius 3 is 2.62 bits per heavy atom. The molecule has 0 aliphatic rings. The van der Waals surface area contributed by atoms with Gasteiger partial charge in [-0.15, -0.1) is 0 Å². The molecule has 0 fully saturated rings. The number of nitrogens with zero attached hydrogens (tertiary/aromatic N) is 3. The number of carbonyl (C=O) groups is 1. The van der Waals surface area contributed by atoms with Gasteiger partial charge in [0.25, 0.3) is 5.91 Å². The van der Waals surface area contributed by atoms with Crippen molar-refractivity contribution in [2.45, 2.75) is 12.7 Å². The molecule has 0 unspecified atom stereocenters. The van der Waals surface area contributed by atoms with Crippen LogP contribution in [-0.4, -0.2) is 20.7 Å². The van der Waals surface area contributed by atoms with Gasteiger partial charge in [-0.2, -0.15) is 18.3 Å². The summed E-state index contributed by atoms with van der Waals surface area (Å²) in [7, 11) is 0. The number of halogens is 4. The van der Waals surface area contributed by atoms with Gasteiger partial charge in [0.1, 0.15) is 5.69 Å². The van der Waals surface area contributed by atoms with Crippen molar-refractivity contribution in [3.05, 3.63) is 76.8 Å². The van der Waals surface area contributed by atoms with Crippen LogP contribution < -0.4 is 5.32 Å². The second-order valence-corrected chi connectivity index (χ2v) is 5.73. The second kappa shape index (κ2) is 7.17. The highest BCUT2D eigenvalue weighted by atomic mass is 35.5. The van der Waals surface area contributed by atoms with E-state index in [4.69, 9.17) is 11.6 Å². The minimum absolute atomic E-state index is 0.113. The lowest BCUT2D eigenvalue weighted by molar-refractivity contribution is -0.141. The minimum Gasteiger partial charge on any atom is -0.347 e. The molecule has 1 amide bonds. The van der Waals surface area contributed by atoms with E-state index >= 15 is 0 Å². The standard InChI is InChI=1S/C17H12ClF3N4O/c18-12-5-1-2-6-13(12)25-14(8-15(24-25)17(19,20)21)16(26)23-10-11-4-3-7-22-9-11/h1-9H,10H2,(H,23,26). The summed E-state index contributed by atoms with van der Waals surface area (Å²) in [5, 5.41) is 6.25. The van der Waals surface area contributed by atoms with E-state index in [9.17, 15) is 18.0 Å². The SMILES string of the molecule is O=C(NCc1cccnc1)c1cc(C(F)(F)F)nn1-c1ccccc1Cl. The van der Waals surface area contributed by atoms with Gasteiger partial charge in [-0.25, -0.2) is 4.68 Å². The van der Waals surface area contributed by atoms with Gasteiger partial charge in [-0.3, -0.25) is 9.78 Å². The summed E-state index contributed by atoms with van der Waals surface area (Å²) in [6.45, 7) is 0.113. The summed E-state index contributed by atoms with van der Waals surface area (Å²) in [6, 6.07) is 10.3. The fourth-order valence-electron chi connectivity index (χ4n) is 2.26. The van der Waals surface area contributed by atoms with E-state index in [0.29, 0.717) is 11.6 Å². The third-order valence-corrected chi connectivity index (χ3v) is 3.81. The van der Waals surface area contributed by atoms with Crippen molar-refractivity contribution < 1.29 is 18.0 Å². The number of aromatic nitrogens is 3. The van der Waals surface area contributed by atoms with Crippen LogP contribution in [0, 0.1) is 0 Å². The smallest absolute Gasteiger partial charge is 0.347 e. The van der Waals surface area contributed by atoms with Gasteiger partial charge in [0.2, 0.25) is 0 Å². The maximum atomic E-state index is 13.1. The van der Waals surface area contributed by atoms with E-state index in [1.807, 2.05) is 0 Å². The summed E-state index contributed by atoms with van der Waals surface area (Å²) in [6.07, 6.45) is -1.56. The van der Waals surface area contributed by atoms with Gasteiger partial charge < -0.3 is 5.32 Å². The van der Waals surface area contributed by atoms with Crippen molar-refractivity contribution in [3.63, 3.8) is 0 Å². The Kier molecular flexibility index (Phi) is 4.94. The molecular weight excluding hydrogens is 369 g/mol. The fourth-order valence-corrected chi connectivity index (χ4v) is 2.48. The van der Waals surface area contributed by atoms with Crippen molar-refractivity contribution in [1.29, 1.82) is 0 Å². The summed E-state index contributed by atoms with van der Waals surface area (Å²) in [5.41, 5.74) is -0.560. The van der Waals surface area contributed by atoms with Crippen LogP contribution in [-0.2, 0) is 12.7 Å². The minimum atomic E-state index is -4.69. The van der Waals surface area contributed by atoms with Gasteiger partial charge in [-0.05, 0) is 23.8 Å². The zero-order valence-electron chi connectivity index (χ0n) is 13.2. The van der Waals surface area contributed by atoms with E-state index in [1.54, 1.807) is 36.7 Å². The van der Waals surface area contributed by atoms with E-state index in [2.05, 4.69) is 15.4 Å². The van der Waals surface area contributed by atoms with Gasteiger partial charge >= 0.3 is 6.18 Å². The molecule has 3 aromatic rings. The van der Waals surface area contributed by atoms with Crippen LogP contribution in [0.2, 0.25) is 5.02 Å². The third kappa shape index (κ3) is 3.85. The molecule has 0 saturated heterocycles. The average Bonchev–Trinajstić information content (AvgIpc) is 3.06. The number of para-hydroxylation sites is 1. The largest absolute Gasteiger partial charge is 0.435 e. The van der Waals surface area contributed by atoms with Gasteiger partial charge in [0.05, 0.1) is 10.7 Å². The number of benzene rings is 1. The fraction of sp³-hybridized carbons (Fsp3) is 0.118. The molecule has 0 spiro atoms. The molecule has 0 bridgehead atoms. The number of pyridine rings is 1. The number of rotatable bonds is 4. The number of hydrogen-bond acceptors (Lipinski definition) is 3. The molecule has 0 saturated carbocycles. The highest BCUT2D eigenvalue weighted by Gasteiger charge is 2.36. The van der Waals surface area contributed by atoms with Crippen LogP contribution in [0.15, 0.2) is 54.9 Å². The van der Waals surface area contributed by atoms with Crippen molar-refractivity contribution >= 4 is 17.5 Å². The van der Waals surface area contributed by atoms with E-state index in [1.165, 1.54) is 12.1 Å². The van der Waals surface area contributed by atoms with Crippen LogP contribution in [0.4, 0.5) is 13.2 Å². The number of carbonyl (C=O) groups excluding carboxylic acids is 1. The van der Waals surface area contributed by atoms with Gasteiger partial charge in [0, 0.05) is 25.0 Å². The lowest BCUT2D eigenvalue weighted by Crippen LogP contribution is -2.25. The molecule has 3 rings (SSSR count). The molecule has 0 radical (unpaired) electrons. The predicted molar refractivity (Wildman–Crippen MR) is 89.0 cm³/mol. The summed E-state index contributed by atoms with van der Waals surface area (Å²) < 4.78 is 40.1. The van der Waals surface area contributed by atoms with E-state index in [0.717, 1.165) is 4.68 Å². The quantitative estimate of drug-likeness (QED) is 0.747. The molecule has 5 nitrogen and oxygen atoms in total. The van der Waals surface area contributed by atoms with Crippen LogP contribution in [0.3, 0.4) is 0 Å². The first-order valence-corrected chi connectivity index (χ1v) is 7.83. The Morgan fingerprint density at radius 2 is 1.96 bits per heavy atom. The molecule has 2 aromatic heterocycles. The van der Waals surface area contributed by atoms with Crippen molar-refractivity contribution in [2.24, 2.45) is 0 Å². The molecule has 134 valence electrons. The molecule has 0 aliphatic heterocycles. The van der Waals surface area contributed by atoms with Crippen molar-refractivity contribution in [2.75, 3.05) is 0 Å². The van der Waals surface area contributed by atoms with Crippen LogP contribution in [0.5, 0.6) is 0 Å². The van der Waals surface area contributed by atoms with Crippen LogP contribution in [0.1, 0.15) is 21.7 Å². The summed E-state index contributed by atoms with van der Waals surface area (Å²) >= 11 is 6.05. The highest BCUT2D eigenvalue weighted by molar-refractivity contribution is 6.32. The van der Waals surface area contributed by atoms with E-state index in [-0.39, 0.29) is 22.9 Å². The van der Waals surface area contributed by atoms with Gasteiger partial charge in [0.15, 0.2) is 5.69 Å². The Morgan fingerprint density at radius 1 is 1.19 bits per heavy atom. The Hall–Kier alpha value is -2.87. The molecule has 1 aromatic carbocycles. The third-order valence-electron chi connectivity index (χ3n) is 3.49. The first-order chi connectivity index (χ1) is 12.4. The monoisotopic (exact) mass is 380 g/mol. The lowest BCUT2D eigenvalue weighted by atomic mass is 10.2. The number of alkyl halides is 3. The second-order valence-electron chi connectivity index (χ2n) is 5.32. The Balaban J connectivity index is 1.95. The molecule has 26 heavy (non-hydrogen) atoms. The first kappa shape index (κ1) is 17.9. The normalized spacial score (nSPS) is 11.4. The zero-order chi connectivity index (χ0) is 18.7. The Labute approximate surface area is 151 Å². The number of nitrogens with one attached hydrogen (secondary N) is 1. The first-order valence-electron chi connectivity index (χ1n) is 7.45. The molecule has 9 heteroatoms. The molecule has 2 heterocycles. The molecule has 0 atom stereocenters. The maximum Gasteiger partial charge on any atom is 0.435 e. The van der Waals surface area contributed by atoms with Crippen LogP contribution >= 0.6 is 11.6 Å². The maximum absolute atomic E-state index is 13.1. The Bertz CT molecular complexity index is 925. The number of hydrogen-bond donors (Lipinski definition) is 1. The van der Waals surface area contributed by atoms with Crippen molar-refractivity contribution in [3.8, 4) is 5.69 Å². The van der Waals surface area contributed by atoms with Crippen molar-refractivity contribution in [1.82, 2.24) is 20.1 Å². The van der Waals surface area contributed by atoms with Crippen LogP contribution in [0.25, 0.3) is 5.69 Å². The molecular formula is C17H12ClF3N4O. The lowest BCUT2D eigenvalue weighted by Gasteiger charge is -2.09. The summed E-state index contributed by atoms with van der Waals surface area (Å²) in [4.78, 5) is 16.4. The van der Waals surface area contributed by atoms with E-state index < -0.39 is 17.8 Å². The number of amides is 1. The molecule has 1 N–H and O–H groups in total. The predicted octanol–water partition coefficient (Wildman–Crippen LogP) is 3.87. The zero-order valence-corrected chi connectivity index (χ0v) is 13.9.